The zero-order valence-electron chi connectivity index (χ0n) is 9.24. The van der Waals surface area contributed by atoms with Crippen molar-refractivity contribution in [2.75, 3.05) is 0 Å². The van der Waals surface area contributed by atoms with E-state index in [1.54, 1.807) is 12.1 Å². The Kier molecular flexibility index (Phi) is 3.51. The van der Waals surface area contributed by atoms with E-state index in [1.807, 2.05) is 19.1 Å². The van der Waals surface area contributed by atoms with Crippen LogP contribution in [0.3, 0.4) is 0 Å². The molecule has 17 heavy (non-hydrogen) atoms. The first-order valence-corrected chi connectivity index (χ1v) is 6.00. The molecule has 2 aromatic rings. The summed E-state index contributed by atoms with van der Waals surface area (Å²) >= 11 is 12.0. The average Bonchev–Trinajstić information content (AvgIpc) is 2.28. The molecule has 0 saturated carbocycles. The van der Waals surface area contributed by atoms with E-state index >= 15 is 0 Å². The fraction of sp³-hybridized carbons (Fsp3) is 0.231. The van der Waals surface area contributed by atoms with Crippen molar-refractivity contribution < 1.29 is 0 Å². The number of halogens is 2. The Hall–Kier alpha value is -1.30. The van der Waals surface area contributed by atoms with Crippen LogP contribution in [0.2, 0.25) is 10.0 Å². The number of fused-ring (bicyclic) bond motifs is 1. The van der Waals surface area contributed by atoms with Gasteiger partial charge in [-0.1, -0.05) is 23.2 Å². The lowest BCUT2D eigenvalue weighted by Gasteiger charge is -2.05. The van der Waals surface area contributed by atoms with Gasteiger partial charge in [0.05, 0.1) is 16.6 Å². The molecule has 1 heterocycles. The van der Waals surface area contributed by atoms with Gasteiger partial charge in [0.1, 0.15) is 0 Å². The molecule has 0 saturated heterocycles. The van der Waals surface area contributed by atoms with Crippen LogP contribution in [0.4, 0.5) is 0 Å². The molecule has 1 aromatic heterocycles. The number of benzene rings is 1. The topological polar surface area (TPSA) is 36.7 Å². The second kappa shape index (κ2) is 4.91. The van der Waals surface area contributed by atoms with E-state index < -0.39 is 0 Å². The molecule has 0 radical (unpaired) electrons. The van der Waals surface area contributed by atoms with Crippen molar-refractivity contribution in [3.63, 3.8) is 0 Å². The van der Waals surface area contributed by atoms with Crippen LogP contribution >= 0.6 is 23.2 Å². The van der Waals surface area contributed by atoms with Gasteiger partial charge in [-0.25, -0.2) is 0 Å². The molecule has 1 atom stereocenters. The highest BCUT2D eigenvalue weighted by atomic mass is 35.5. The summed E-state index contributed by atoms with van der Waals surface area (Å²) in [6, 6.07) is 9.49. The van der Waals surface area contributed by atoms with Crippen LogP contribution in [0, 0.1) is 17.2 Å². The molecule has 0 spiro atoms. The zero-order chi connectivity index (χ0) is 12.4. The van der Waals surface area contributed by atoms with Crippen molar-refractivity contribution in [2.24, 2.45) is 5.92 Å². The number of hydrogen-bond acceptors (Lipinski definition) is 2. The Morgan fingerprint density at radius 2 is 2.12 bits per heavy atom. The Balaban J connectivity index is 2.47. The van der Waals surface area contributed by atoms with Crippen LogP contribution in [-0.2, 0) is 6.42 Å². The van der Waals surface area contributed by atoms with Gasteiger partial charge >= 0.3 is 0 Å². The van der Waals surface area contributed by atoms with Crippen molar-refractivity contribution in [3.8, 4) is 6.07 Å². The van der Waals surface area contributed by atoms with E-state index in [1.165, 1.54) is 0 Å². The molecular formula is C13H10Cl2N2. The molecule has 0 bridgehead atoms. The summed E-state index contributed by atoms with van der Waals surface area (Å²) in [6.07, 6.45) is 0.635. The van der Waals surface area contributed by atoms with Gasteiger partial charge in [0, 0.05) is 28.4 Å². The van der Waals surface area contributed by atoms with Crippen molar-refractivity contribution in [1.82, 2.24) is 4.98 Å². The molecule has 0 fully saturated rings. The summed E-state index contributed by atoms with van der Waals surface area (Å²) in [5.74, 6) is -0.0467. The van der Waals surface area contributed by atoms with Crippen molar-refractivity contribution in [1.29, 1.82) is 5.26 Å². The Bertz CT molecular complexity index is 602. The Morgan fingerprint density at radius 1 is 1.35 bits per heavy atom. The molecule has 4 heteroatoms. The van der Waals surface area contributed by atoms with Crippen LogP contribution in [0.5, 0.6) is 0 Å². The predicted octanol–water partition coefficient (Wildman–Crippen LogP) is 4.24. The molecule has 0 N–H and O–H groups in total. The molecule has 0 amide bonds. The van der Waals surface area contributed by atoms with E-state index in [9.17, 15) is 0 Å². The molecule has 1 unspecified atom stereocenters. The van der Waals surface area contributed by atoms with Crippen LogP contribution < -0.4 is 0 Å². The van der Waals surface area contributed by atoms with E-state index in [4.69, 9.17) is 28.5 Å². The van der Waals surface area contributed by atoms with Gasteiger partial charge in [-0.3, -0.25) is 4.98 Å². The number of aromatic nitrogens is 1. The van der Waals surface area contributed by atoms with Crippen LogP contribution in [0.15, 0.2) is 24.3 Å². The smallest absolute Gasteiger partial charge is 0.0735 e. The molecule has 86 valence electrons. The predicted molar refractivity (Wildman–Crippen MR) is 70.2 cm³/mol. The average molecular weight is 265 g/mol. The zero-order valence-corrected chi connectivity index (χ0v) is 10.8. The minimum atomic E-state index is -0.0467. The third-order valence-corrected chi connectivity index (χ3v) is 3.05. The summed E-state index contributed by atoms with van der Waals surface area (Å²) in [6.45, 7) is 1.87. The monoisotopic (exact) mass is 264 g/mol. The second-order valence-electron chi connectivity index (χ2n) is 3.99. The Labute approximate surface area is 110 Å². The van der Waals surface area contributed by atoms with Crippen molar-refractivity contribution >= 4 is 34.1 Å². The summed E-state index contributed by atoms with van der Waals surface area (Å²) in [5, 5.41) is 10.8. The largest absolute Gasteiger partial charge is 0.253 e. The lowest BCUT2D eigenvalue weighted by molar-refractivity contribution is 0.724. The van der Waals surface area contributed by atoms with Gasteiger partial charge in [-0.05, 0) is 31.2 Å². The molecule has 1 aromatic carbocycles. The van der Waals surface area contributed by atoms with Crippen LogP contribution in [-0.4, -0.2) is 4.98 Å². The number of pyridine rings is 1. The first kappa shape index (κ1) is 12.2. The van der Waals surface area contributed by atoms with Gasteiger partial charge in [-0.15, -0.1) is 0 Å². The highest BCUT2D eigenvalue weighted by Gasteiger charge is 2.07. The van der Waals surface area contributed by atoms with Gasteiger partial charge in [-0.2, -0.15) is 5.26 Å². The number of hydrogen-bond donors (Lipinski definition) is 0. The fourth-order valence-electron chi connectivity index (χ4n) is 1.67. The summed E-state index contributed by atoms with van der Waals surface area (Å²) < 4.78 is 0. The summed E-state index contributed by atoms with van der Waals surface area (Å²) in [5.41, 5.74) is 1.65. The lowest BCUT2D eigenvalue weighted by Crippen LogP contribution is -1.99. The normalized spacial score (nSPS) is 12.4. The summed E-state index contributed by atoms with van der Waals surface area (Å²) in [7, 11) is 0. The third-order valence-electron chi connectivity index (χ3n) is 2.51. The number of rotatable bonds is 2. The minimum Gasteiger partial charge on any atom is -0.253 e. The summed E-state index contributed by atoms with van der Waals surface area (Å²) in [4.78, 5) is 4.46. The Morgan fingerprint density at radius 3 is 2.82 bits per heavy atom. The number of nitrogens with zero attached hydrogens (tertiary/aromatic N) is 2. The molecule has 0 aliphatic rings. The molecule has 0 aliphatic carbocycles. The van der Waals surface area contributed by atoms with Gasteiger partial charge in [0.15, 0.2) is 0 Å². The second-order valence-corrected chi connectivity index (χ2v) is 4.83. The maximum absolute atomic E-state index is 8.78. The van der Waals surface area contributed by atoms with E-state index in [-0.39, 0.29) is 5.92 Å². The van der Waals surface area contributed by atoms with Gasteiger partial charge < -0.3 is 0 Å². The SMILES string of the molecule is CC(C#N)Cc1ccc2c(Cl)cc(Cl)cc2n1. The molecule has 2 rings (SSSR count). The van der Waals surface area contributed by atoms with Crippen LogP contribution in [0.1, 0.15) is 12.6 Å². The quantitative estimate of drug-likeness (QED) is 0.814. The van der Waals surface area contributed by atoms with E-state index in [0.717, 1.165) is 16.6 Å². The van der Waals surface area contributed by atoms with E-state index in [0.29, 0.717) is 16.5 Å². The first-order valence-electron chi connectivity index (χ1n) is 5.24. The van der Waals surface area contributed by atoms with Crippen molar-refractivity contribution in [2.45, 2.75) is 13.3 Å². The third kappa shape index (κ3) is 2.69. The van der Waals surface area contributed by atoms with Gasteiger partial charge in [0.2, 0.25) is 0 Å². The number of nitriles is 1. The maximum atomic E-state index is 8.78. The minimum absolute atomic E-state index is 0.0467. The van der Waals surface area contributed by atoms with Crippen molar-refractivity contribution in [3.05, 3.63) is 40.0 Å². The van der Waals surface area contributed by atoms with Crippen LogP contribution in [0.25, 0.3) is 10.9 Å². The van der Waals surface area contributed by atoms with E-state index in [2.05, 4.69) is 11.1 Å². The standard InChI is InChI=1S/C13H10Cl2N2/c1-8(7-16)4-10-2-3-11-12(15)5-9(14)6-13(11)17-10/h2-3,5-6,8H,4H2,1H3. The molecular weight excluding hydrogens is 255 g/mol. The maximum Gasteiger partial charge on any atom is 0.0735 e. The highest BCUT2D eigenvalue weighted by molar-refractivity contribution is 6.38. The first-order chi connectivity index (χ1) is 8.10. The highest BCUT2D eigenvalue weighted by Crippen LogP contribution is 2.27. The molecule has 2 nitrogen and oxygen atoms in total. The molecule has 0 aliphatic heterocycles. The fourth-order valence-corrected chi connectivity index (χ4v) is 2.22. The van der Waals surface area contributed by atoms with Gasteiger partial charge in [0.25, 0.3) is 0 Å². The lowest BCUT2D eigenvalue weighted by atomic mass is 10.1.